The maximum atomic E-state index is 10.7. The minimum absolute atomic E-state index is 0.739. The van der Waals surface area contributed by atoms with Gasteiger partial charge in [-0.2, -0.15) is 0 Å². The first-order valence-corrected chi connectivity index (χ1v) is 6.20. The number of hydrogen-bond acceptors (Lipinski definition) is 1. The van der Waals surface area contributed by atoms with E-state index in [0.29, 0.717) is 0 Å². The third-order valence-corrected chi connectivity index (χ3v) is 3.59. The van der Waals surface area contributed by atoms with Crippen molar-refractivity contribution in [3.8, 4) is 0 Å². The molecule has 3 heteroatoms. The summed E-state index contributed by atoms with van der Waals surface area (Å²) >= 11 is 4.55. The molecule has 0 bridgehead atoms. The van der Waals surface area contributed by atoms with Gasteiger partial charge in [0.2, 0.25) is 0 Å². The van der Waals surface area contributed by atoms with Gasteiger partial charge in [0.05, 0.1) is 0 Å². The van der Waals surface area contributed by atoms with Gasteiger partial charge >= 0.3 is 0 Å². The van der Waals surface area contributed by atoms with Crippen molar-refractivity contribution in [1.29, 1.82) is 0 Å². The summed E-state index contributed by atoms with van der Waals surface area (Å²) in [5, 5.41) is 2.34. The molecule has 0 fully saturated rings. The van der Waals surface area contributed by atoms with Crippen LogP contribution in [0.15, 0.2) is 30.3 Å². The summed E-state index contributed by atoms with van der Waals surface area (Å²) in [6.45, 7) is 0. The predicted molar refractivity (Wildman–Crippen MR) is 74.8 cm³/mol. The lowest BCUT2D eigenvalue weighted by Crippen LogP contribution is -1.85. The summed E-state index contributed by atoms with van der Waals surface area (Å²) in [4.78, 5) is 10.7. The van der Waals surface area contributed by atoms with Crippen molar-refractivity contribution in [3.63, 3.8) is 0 Å². The van der Waals surface area contributed by atoms with Gasteiger partial charge in [0.1, 0.15) is 6.29 Å². The summed E-state index contributed by atoms with van der Waals surface area (Å²) in [5.74, 6) is 0. The van der Waals surface area contributed by atoms with Crippen LogP contribution in [0, 0.1) is 7.14 Å². The SMILES string of the molecule is O=Cc1cc(I)c2cc(I)ccc2c1. The highest BCUT2D eigenvalue weighted by Gasteiger charge is 2.01. The number of halogens is 2. The maximum absolute atomic E-state index is 10.7. The summed E-state index contributed by atoms with van der Waals surface area (Å²) in [6.07, 6.45) is 0.888. The van der Waals surface area contributed by atoms with Crippen molar-refractivity contribution in [1.82, 2.24) is 0 Å². The summed E-state index contributed by atoms with van der Waals surface area (Å²) in [6, 6.07) is 10.1. The minimum Gasteiger partial charge on any atom is -0.298 e. The Hall–Kier alpha value is -0.170. The van der Waals surface area contributed by atoms with E-state index >= 15 is 0 Å². The highest BCUT2D eigenvalue weighted by atomic mass is 127. The van der Waals surface area contributed by atoms with Crippen LogP contribution in [-0.4, -0.2) is 6.29 Å². The van der Waals surface area contributed by atoms with E-state index in [9.17, 15) is 4.79 Å². The monoisotopic (exact) mass is 408 g/mol. The van der Waals surface area contributed by atoms with Crippen LogP contribution in [0.3, 0.4) is 0 Å². The number of rotatable bonds is 1. The van der Waals surface area contributed by atoms with Crippen molar-refractivity contribution >= 4 is 62.2 Å². The second-order valence-corrected chi connectivity index (χ2v) is 5.39. The van der Waals surface area contributed by atoms with E-state index in [4.69, 9.17) is 0 Å². The first-order valence-electron chi connectivity index (χ1n) is 4.05. The van der Waals surface area contributed by atoms with E-state index < -0.39 is 0 Å². The molecular weight excluding hydrogens is 402 g/mol. The fourth-order valence-electron chi connectivity index (χ4n) is 1.37. The molecule has 70 valence electrons. The van der Waals surface area contributed by atoms with E-state index in [-0.39, 0.29) is 0 Å². The van der Waals surface area contributed by atoms with Gasteiger partial charge in [-0.1, -0.05) is 6.07 Å². The lowest BCUT2D eigenvalue weighted by Gasteiger charge is -2.02. The highest BCUT2D eigenvalue weighted by Crippen LogP contribution is 2.24. The zero-order valence-electron chi connectivity index (χ0n) is 7.13. The van der Waals surface area contributed by atoms with Gasteiger partial charge in [-0.15, -0.1) is 0 Å². The van der Waals surface area contributed by atoms with Crippen LogP contribution in [0.25, 0.3) is 10.8 Å². The largest absolute Gasteiger partial charge is 0.298 e. The number of hydrogen-bond donors (Lipinski definition) is 0. The zero-order valence-corrected chi connectivity index (χ0v) is 11.4. The fraction of sp³-hybridized carbons (Fsp3) is 0. The third kappa shape index (κ3) is 1.93. The van der Waals surface area contributed by atoms with Crippen LogP contribution in [0.4, 0.5) is 0 Å². The normalized spacial score (nSPS) is 10.4. The quantitative estimate of drug-likeness (QED) is 0.518. The van der Waals surface area contributed by atoms with Crippen LogP contribution >= 0.6 is 45.2 Å². The molecule has 0 aliphatic heterocycles. The van der Waals surface area contributed by atoms with Gasteiger partial charge in [0.25, 0.3) is 0 Å². The van der Waals surface area contributed by atoms with Gasteiger partial charge in [-0.05, 0) is 80.2 Å². The van der Waals surface area contributed by atoms with Crippen molar-refractivity contribution in [2.24, 2.45) is 0 Å². The van der Waals surface area contributed by atoms with Gasteiger partial charge in [0, 0.05) is 12.7 Å². The molecule has 14 heavy (non-hydrogen) atoms. The van der Waals surface area contributed by atoms with Crippen molar-refractivity contribution < 1.29 is 4.79 Å². The van der Waals surface area contributed by atoms with E-state index in [1.165, 1.54) is 8.96 Å². The lowest BCUT2D eigenvalue weighted by atomic mass is 10.1. The first-order chi connectivity index (χ1) is 6.70. The Balaban J connectivity index is 2.82. The summed E-state index contributed by atoms with van der Waals surface area (Å²) in [5.41, 5.74) is 0.739. The average molecular weight is 408 g/mol. The molecule has 0 aliphatic carbocycles. The fourth-order valence-corrected chi connectivity index (χ4v) is 2.69. The number of carbonyl (C=O) groups is 1. The summed E-state index contributed by atoms with van der Waals surface area (Å²) < 4.78 is 2.34. The van der Waals surface area contributed by atoms with Gasteiger partial charge in [-0.3, -0.25) is 4.79 Å². The van der Waals surface area contributed by atoms with Gasteiger partial charge in [0.15, 0.2) is 0 Å². The Morgan fingerprint density at radius 1 is 1.07 bits per heavy atom. The molecule has 2 aromatic rings. The van der Waals surface area contributed by atoms with E-state index in [2.05, 4.69) is 51.2 Å². The number of fused-ring (bicyclic) bond motifs is 1. The molecule has 0 N–H and O–H groups in total. The molecule has 0 aromatic heterocycles. The smallest absolute Gasteiger partial charge is 0.150 e. The number of benzene rings is 2. The Morgan fingerprint density at radius 2 is 1.86 bits per heavy atom. The van der Waals surface area contributed by atoms with Crippen LogP contribution in [0.2, 0.25) is 0 Å². The Kier molecular flexibility index (Phi) is 3.06. The zero-order chi connectivity index (χ0) is 10.1. The first kappa shape index (κ1) is 10.4. The topological polar surface area (TPSA) is 17.1 Å². The highest BCUT2D eigenvalue weighted by molar-refractivity contribution is 14.1. The Labute approximate surface area is 109 Å². The molecule has 0 saturated heterocycles. The molecule has 0 atom stereocenters. The molecule has 2 aromatic carbocycles. The lowest BCUT2D eigenvalue weighted by molar-refractivity contribution is 0.112. The van der Waals surface area contributed by atoms with Crippen LogP contribution < -0.4 is 0 Å². The van der Waals surface area contributed by atoms with Crippen molar-refractivity contribution in [2.45, 2.75) is 0 Å². The average Bonchev–Trinajstić information content (AvgIpc) is 2.19. The summed E-state index contributed by atoms with van der Waals surface area (Å²) in [7, 11) is 0. The molecular formula is C11H6I2O. The minimum atomic E-state index is 0.739. The Bertz CT molecular complexity index is 506. The Morgan fingerprint density at radius 3 is 2.57 bits per heavy atom. The second-order valence-electron chi connectivity index (χ2n) is 2.99. The second kappa shape index (κ2) is 4.14. The van der Waals surface area contributed by atoms with Crippen LogP contribution in [-0.2, 0) is 0 Å². The molecule has 0 unspecified atom stereocenters. The van der Waals surface area contributed by atoms with E-state index in [0.717, 1.165) is 20.8 Å². The molecule has 0 heterocycles. The molecule has 0 spiro atoms. The molecule has 0 aliphatic rings. The van der Waals surface area contributed by atoms with Crippen molar-refractivity contribution in [2.75, 3.05) is 0 Å². The molecule has 1 nitrogen and oxygen atoms in total. The van der Waals surface area contributed by atoms with Gasteiger partial charge < -0.3 is 0 Å². The van der Waals surface area contributed by atoms with E-state index in [1.807, 2.05) is 24.3 Å². The number of aldehydes is 1. The molecule has 0 amide bonds. The van der Waals surface area contributed by atoms with Crippen LogP contribution in [0.5, 0.6) is 0 Å². The van der Waals surface area contributed by atoms with Crippen molar-refractivity contribution in [3.05, 3.63) is 43.0 Å². The van der Waals surface area contributed by atoms with E-state index in [1.54, 1.807) is 0 Å². The third-order valence-electron chi connectivity index (χ3n) is 2.02. The van der Waals surface area contributed by atoms with Crippen LogP contribution in [0.1, 0.15) is 10.4 Å². The molecule has 0 radical (unpaired) electrons. The van der Waals surface area contributed by atoms with Gasteiger partial charge in [-0.25, -0.2) is 0 Å². The maximum Gasteiger partial charge on any atom is 0.150 e. The molecule has 0 saturated carbocycles. The molecule has 2 rings (SSSR count). The number of carbonyl (C=O) groups excluding carboxylic acids is 1. The standard InChI is InChI=1S/C11H6I2O/c12-9-2-1-8-3-7(6-14)4-11(13)10(8)5-9/h1-6H. The predicted octanol–water partition coefficient (Wildman–Crippen LogP) is 3.86.